The molecule has 0 saturated carbocycles. The van der Waals surface area contributed by atoms with Crippen LogP contribution in [0.3, 0.4) is 0 Å². The molecular weight excluding hydrogens is 342 g/mol. The maximum Gasteiger partial charge on any atom is 0.165 e. The lowest BCUT2D eigenvalue weighted by molar-refractivity contribution is 0.385. The molecule has 0 saturated heterocycles. The summed E-state index contributed by atoms with van der Waals surface area (Å²) in [6.07, 6.45) is 0.429. The summed E-state index contributed by atoms with van der Waals surface area (Å²) in [4.78, 5) is 0. The molecule has 2 aromatic carbocycles. The molecule has 0 bridgehead atoms. The fourth-order valence-corrected chi connectivity index (χ4v) is 2.65. The van der Waals surface area contributed by atoms with E-state index in [1.54, 1.807) is 12.1 Å². The second-order valence-corrected chi connectivity index (χ2v) is 5.51. The Morgan fingerprint density at radius 2 is 2.00 bits per heavy atom. The highest BCUT2D eigenvalue weighted by Gasteiger charge is 2.14. The second-order valence-electron chi connectivity index (χ2n) is 4.60. The van der Waals surface area contributed by atoms with E-state index in [9.17, 15) is 8.78 Å². The van der Waals surface area contributed by atoms with Gasteiger partial charge < -0.3 is 4.74 Å². The number of methoxy groups -OCH3 is 1. The SMILES string of the molecule is COc1ccc(C(Cc2cc(F)cc(Br)c2)NN)cc1F. The third kappa shape index (κ3) is 4.00. The first-order valence-corrected chi connectivity index (χ1v) is 7.07. The molecule has 3 nitrogen and oxygen atoms in total. The molecule has 6 heteroatoms. The third-order valence-electron chi connectivity index (χ3n) is 3.14. The molecule has 0 aliphatic rings. The number of halogens is 3. The number of ether oxygens (including phenoxy) is 1. The molecule has 0 spiro atoms. The molecule has 0 heterocycles. The fourth-order valence-electron chi connectivity index (χ4n) is 2.14. The molecule has 0 aliphatic carbocycles. The van der Waals surface area contributed by atoms with Gasteiger partial charge in [0, 0.05) is 4.47 Å². The fraction of sp³-hybridized carbons (Fsp3) is 0.200. The third-order valence-corrected chi connectivity index (χ3v) is 3.60. The highest BCUT2D eigenvalue weighted by Crippen LogP contribution is 2.25. The van der Waals surface area contributed by atoms with Crippen molar-refractivity contribution in [2.45, 2.75) is 12.5 Å². The van der Waals surface area contributed by atoms with Crippen molar-refractivity contribution >= 4 is 15.9 Å². The van der Waals surface area contributed by atoms with E-state index in [1.165, 1.54) is 31.4 Å². The topological polar surface area (TPSA) is 47.3 Å². The summed E-state index contributed by atoms with van der Waals surface area (Å²) in [6.45, 7) is 0. The van der Waals surface area contributed by atoms with E-state index in [2.05, 4.69) is 21.4 Å². The van der Waals surface area contributed by atoms with Gasteiger partial charge in [-0.2, -0.15) is 0 Å². The standard InChI is InChI=1S/C15H15BrF2N2O/c1-21-15-3-2-10(7-13(15)18)14(20-19)6-9-4-11(16)8-12(17)5-9/h2-5,7-8,14,20H,6,19H2,1H3. The normalized spacial score (nSPS) is 12.2. The lowest BCUT2D eigenvalue weighted by Gasteiger charge is -2.17. The van der Waals surface area contributed by atoms with Crippen molar-refractivity contribution in [1.82, 2.24) is 5.43 Å². The van der Waals surface area contributed by atoms with Crippen molar-refractivity contribution in [2.24, 2.45) is 5.84 Å². The number of benzene rings is 2. The highest BCUT2D eigenvalue weighted by molar-refractivity contribution is 9.10. The van der Waals surface area contributed by atoms with Crippen LogP contribution in [0, 0.1) is 11.6 Å². The Morgan fingerprint density at radius 1 is 1.24 bits per heavy atom. The zero-order chi connectivity index (χ0) is 15.4. The minimum atomic E-state index is -0.462. The van der Waals surface area contributed by atoms with Crippen molar-refractivity contribution in [1.29, 1.82) is 0 Å². The molecule has 2 aromatic rings. The van der Waals surface area contributed by atoms with Gasteiger partial charge in [0.05, 0.1) is 13.2 Å². The van der Waals surface area contributed by atoms with Crippen molar-refractivity contribution in [2.75, 3.05) is 7.11 Å². The Labute approximate surface area is 130 Å². The van der Waals surface area contributed by atoms with Crippen molar-refractivity contribution < 1.29 is 13.5 Å². The molecule has 0 amide bonds. The van der Waals surface area contributed by atoms with Gasteiger partial charge >= 0.3 is 0 Å². The highest BCUT2D eigenvalue weighted by atomic mass is 79.9. The summed E-state index contributed by atoms with van der Waals surface area (Å²) in [6, 6.07) is 8.89. The number of nitrogens with two attached hydrogens (primary N) is 1. The van der Waals surface area contributed by atoms with Crippen LogP contribution in [0.4, 0.5) is 8.78 Å². The molecular formula is C15H15BrF2N2O. The van der Waals surface area contributed by atoms with Gasteiger partial charge in [-0.3, -0.25) is 11.3 Å². The average Bonchev–Trinajstić information content (AvgIpc) is 2.43. The van der Waals surface area contributed by atoms with Gasteiger partial charge in [-0.25, -0.2) is 8.78 Å². The van der Waals surface area contributed by atoms with Crippen molar-refractivity contribution in [3.8, 4) is 5.75 Å². The van der Waals surface area contributed by atoms with E-state index in [-0.39, 0.29) is 17.6 Å². The van der Waals surface area contributed by atoms with E-state index in [0.29, 0.717) is 16.5 Å². The Bertz CT molecular complexity index is 617. The molecule has 1 atom stereocenters. The van der Waals surface area contributed by atoms with Crippen LogP contribution in [-0.4, -0.2) is 7.11 Å². The Kier molecular flexibility index (Phi) is 5.27. The maximum absolute atomic E-state index is 13.8. The minimum Gasteiger partial charge on any atom is -0.494 e. The molecule has 0 aromatic heterocycles. The smallest absolute Gasteiger partial charge is 0.165 e. The zero-order valence-electron chi connectivity index (χ0n) is 11.4. The van der Waals surface area contributed by atoms with Crippen LogP contribution in [0.1, 0.15) is 17.2 Å². The van der Waals surface area contributed by atoms with E-state index in [4.69, 9.17) is 10.6 Å². The van der Waals surface area contributed by atoms with Crippen LogP contribution in [0.15, 0.2) is 40.9 Å². The van der Waals surface area contributed by atoms with Gasteiger partial charge in [0.1, 0.15) is 5.82 Å². The molecule has 21 heavy (non-hydrogen) atoms. The first kappa shape index (κ1) is 15.9. The lowest BCUT2D eigenvalue weighted by Crippen LogP contribution is -2.29. The summed E-state index contributed by atoms with van der Waals surface area (Å²) < 4.78 is 32.7. The molecule has 0 aliphatic heterocycles. The zero-order valence-corrected chi connectivity index (χ0v) is 13.0. The quantitative estimate of drug-likeness (QED) is 0.636. The monoisotopic (exact) mass is 356 g/mol. The Balaban J connectivity index is 2.25. The number of hydrogen-bond acceptors (Lipinski definition) is 3. The average molecular weight is 357 g/mol. The summed E-state index contributed by atoms with van der Waals surface area (Å²) in [5.41, 5.74) is 4.04. The van der Waals surface area contributed by atoms with E-state index < -0.39 is 5.82 Å². The van der Waals surface area contributed by atoms with Crippen molar-refractivity contribution in [3.05, 3.63) is 63.6 Å². The number of rotatable bonds is 5. The van der Waals surface area contributed by atoms with E-state index >= 15 is 0 Å². The first-order valence-electron chi connectivity index (χ1n) is 6.28. The summed E-state index contributed by atoms with van der Waals surface area (Å²) >= 11 is 3.24. The number of hydrogen-bond donors (Lipinski definition) is 2. The first-order chi connectivity index (χ1) is 10.0. The summed E-state index contributed by atoms with van der Waals surface area (Å²) in [7, 11) is 1.40. The van der Waals surface area contributed by atoms with Gasteiger partial charge in [0.2, 0.25) is 0 Å². The minimum absolute atomic E-state index is 0.169. The molecule has 2 rings (SSSR count). The van der Waals surface area contributed by atoms with Gasteiger partial charge in [0.15, 0.2) is 11.6 Å². The van der Waals surface area contributed by atoms with Crippen LogP contribution in [0.2, 0.25) is 0 Å². The van der Waals surface area contributed by atoms with Crippen LogP contribution < -0.4 is 16.0 Å². The molecule has 112 valence electrons. The van der Waals surface area contributed by atoms with E-state index in [1.807, 2.05) is 0 Å². The predicted molar refractivity (Wildman–Crippen MR) is 80.8 cm³/mol. The largest absolute Gasteiger partial charge is 0.494 e. The van der Waals surface area contributed by atoms with Crippen LogP contribution in [0.25, 0.3) is 0 Å². The van der Waals surface area contributed by atoms with Gasteiger partial charge in [-0.15, -0.1) is 0 Å². The van der Waals surface area contributed by atoms with Crippen LogP contribution >= 0.6 is 15.9 Å². The summed E-state index contributed by atoms with van der Waals surface area (Å²) in [5, 5.41) is 0. The second kappa shape index (κ2) is 6.98. The van der Waals surface area contributed by atoms with Gasteiger partial charge in [0.25, 0.3) is 0 Å². The van der Waals surface area contributed by atoms with Gasteiger partial charge in [-0.1, -0.05) is 22.0 Å². The number of hydrazine groups is 1. The summed E-state index contributed by atoms with van der Waals surface area (Å²) in [5.74, 6) is 4.91. The lowest BCUT2D eigenvalue weighted by atomic mass is 9.99. The molecule has 0 radical (unpaired) electrons. The predicted octanol–water partition coefficient (Wildman–Crippen LogP) is 3.48. The van der Waals surface area contributed by atoms with Gasteiger partial charge in [-0.05, 0) is 47.9 Å². The van der Waals surface area contributed by atoms with Crippen LogP contribution in [0.5, 0.6) is 5.75 Å². The Hall–Kier alpha value is -1.50. The number of nitrogens with one attached hydrogen (secondary N) is 1. The Morgan fingerprint density at radius 3 is 2.57 bits per heavy atom. The maximum atomic E-state index is 13.8. The van der Waals surface area contributed by atoms with Crippen LogP contribution in [-0.2, 0) is 6.42 Å². The molecule has 0 fully saturated rings. The molecule has 3 N–H and O–H groups in total. The van der Waals surface area contributed by atoms with E-state index in [0.717, 1.165) is 5.56 Å². The molecule has 1 unspecified atom stereocenters. The van der Waals surface area contributed by atoms with Crippen molar-refractivity contribution in [3.63, 3.8) is 0 Å².